The molecule has 0 N–H and O–H groups in total. The van der Waals surface area contributed by atoms with E-state index in [0.29, 0.717) is 6.42 Å². The number of hydrogen-bond donors (Lipinski definition) is 0. The van der Waals surface area contributed by atoms with Crippen molar-refractivity contribution in [3.8, 4) is 0 Å². The van der Waals surface area contributed by atoms with Gasteiger partial charge in [-0.15, -0.1) is 0 Å². The normalized spacial score (nSPS) is 23.7. The van der Waals surface area contributed by atoms with Crippen molar-refractivity contribution < 1.29 is 4.79 Å². The van der Waals surface area contributed by atoms with Crippen LogP contribution in [0, 0.1) is 5.41 Å². The number of nitrogens with zero attached hydrogens (tertiary/aromatic N) is 5. The van der Waals surface area contributed by atoms with E-state index < -0.39 is 0 Å². The van der Waals surface area contributed by atoms with E-state index in [4.69, 9.17) is 0 Å². The minimum Gasteiger partial charge on any atom is -0.342 e. The van der Waals surface area contributed by atoms with Crippen molar-refractivity contribution in [1.29, 1.82) is 0 Å². The predicted molar refractivity (Wildman–Crippen MR) is 99.3 cm³/mol. The summed E-state index contributed by atoms with van der Waals surface area (Å²) in [5, 5.41) is 4.27. The predicted octanol–water partition coefficient (Wildman–Crippen LogP) is 1.87. The van der Waals surface area contributed by atoms with Crippen molar-refractivity contribution >= 4 is 5.91 Å². The maximum absolute atomic E-state index is 12.8. The molecule has 6 heteroatoms. The van der Waals surface area contributed by atoms with E-state index >= 15 is 0 Å². The number of aryl methyl sites for hydroxylation is 1. The highest BCUT2D eigenvalue weighted by atomic mass is 16.2. The molecule has 2 saturated heterocycles. The van der Waals surface area contributed by atoms with Crippen LogP contribution in [0.5, 0.6) is 0 Å². The number of carbonyl (C=O) groups excluding carboxylic acids is 1. The Hall–Kier alpha value is -2.21. The van der Waals surface area contributed by atoms with Crippen molar-refractivity contribution in [1.82, 2.24) is 24.6 Å². The van der Waals surface area contributed by atoms with Crippen LogP contribution in [0.1, 0.15) is 30.4 Å². The molecular formula is C20H27N5O. The Kier molecular flexibility index (Phi) is 4.76. The number of rotatable bonds is 4. The molecule has 2 aromatic heterocycles. The van der Waals surface area contributed by atoms with E-state index in [-0.39, 0.29) is 11.3 Å². The second kappa shape index (κ2) is 7.19. The summed E-state index contributed by atoms with van der Waals surface area (Å²) in [7, 11) is 1.96. The Morgan fingerprint density at radius 1 is 1.19 bits per heavy atom. The van der Waals surface area contributed by atoms with Crippen molar-refractivity contribution in [3.05, 3.63) is 48.0 Å². The first-order chi connectivity index (χ1) is 12.6. The number of likely N-dealkylation sites (tertiary alicyclic amines) is 2. The molecule has 6 nitrogen and oxygen atoms in total. The quantitative estimate of drug-likeness (QED) is 0.842. The molecule has 2 aromatic rings. The van der Waals surface area contributed by atoms with Gasteiger partial charge in [-0.05, 0) is 37.4 Å². The Balaban J connectivity index is 1.36. The third kappa shape index (κ3) is 3.80. The Morgan fingerprint density at radius 2 is 2.12 bits per heavy atom. The monoisotopic (exact) mass is 353 g/mol. The zero-order chi connectivity index (χ0) is 18.0. The second-order valence-electron chi connectivity index (χ2n) is 7.94. The van der Waals surface area contributed by atoms with Gasteiger partial charge in [0.05, 0.1) is 12.6 Å². The molecular weight excluding hydrogens is 326 g/mol. The lowest BCUT2D eigenvalue weighted by Crippen LogP contribution is -2.47. The summed E-state index contributed by atoms with van der Waals surface area (Å²) in [6, 6.07) is 3.88. The van der Waals surface area contributed by atoms with Crippen LogP contribution in [0.3, 0.4) is 0 Å². The average molecular weight is 353 g/mol. The zero-order valence-corrected chi connectivity index (χ0v) is 15.5. The van der Waals surface area contributed by atoms with Crippen molar-refractivity contribution in [2.24, 2.45) is 12.5 Å². The summed E-state index contributed by atoms with van der Waals surface area (Å²) in [5.74, 6) is 0.239. The van der Waals surface area contributed by atoms with Gasteiger partial charge in [0.15, 0.2) is 0 Å². The van der Waals surface area contributed by atoms with Crippen LogP contribution in [0.25, 0.3) is 0 Å². The molecule has 0 bridgehead atoms. The molecule has 1 amide bonds. The van der Waals surface area contributed by atoms with Crippen LogP contribution in [-0.2, 0) is 24.8 Å². The van der Waals surface area contributed by atoms with Gasteiger partial charge in [-0.25, -0.2) is 0 Å². The molecule has 2 aliphatic rings. The minimum absolute atomic E-state index is 0.239. The van der Waals surface area contributed by atoms with Gasteiger partial charge in [-0.3, -0.25) is 19.4 Å². The second-order valence-corrected chi connectivity index (χ2v) is 7.94. The third-order valence-electron chi connectivity index (χ3n) is 5.77. The van der Waals surface area contributed by atoms with Crippen LogP contribution in [0.4, 0.5) is 0 Å². The summed E-state index contributed by atoms with van der Waals surface area (Å²) < 4.78 is 1.86. The lowest BCUT2D eigenvalue weighted by atomic mass is 9.79. The molecule has 26 heavy (non-hydrogen) atoms. The van der Waals surface area contributed by atoms with E-state index in [9.17, 15) is 4.79 Å². The largest absolute Gasteiger partial charge is 0.342 e. The molecule has 0 aliphatic carbocycles. The Labute approximate surface area is 154 Å². The summed E-state index contributed by atoms with van der Waals surface area (Å²) in [6.07, 6.45) is 11.6. The van der Waals surface area contributed by atoms with E-state index in [1.54, 1.807) is 12.4 Å². The highest BCUT2D eigenvalue weighted by Gasteiger charge is 2.42. The van der Waals surface area contributed by atoms with Crippen LogP contribution < -0.4 is 0 Å². The highest BCUT2D eigenvalue weighted by Crippen LogP contribution is 2.39. The molecule has 4 rings (SSSR count). The average Bonchev–Trinajstić information content (AvgIpc) is 3.22. The first-order valence-electron chi connectivity index (χ1n) is 9.49. The molecule has 2 aliphatic heterocycles. The van der Waals surface area contributed by atoms with Crippen molar-refractivity contribution in [2.75, 3.05) is 26.2 Å². The molecule has 0 saturated carbocycles. The number of aromatic nitrogens is 3. The van der Waals surface area contributed by atoms with E-state index in [2.05, 4.69) is 26.1 Å². The first kappa shape index (κ1) is 17.2. The SMILES string of the molecule is Cn1cc(CN2CC[C@]3(CCCN(C(=O)Cc4cccnc4)C3)C2)cn1. The molecule has 138 valence electrons. The summed E-state index contributed by atoms with van der Waals surface area (Å²) in [6.45, 7) is 4.94. The van der Waals surface area contributed by atoms with E-state index in [1.807, 2.05) is 30.1 Å². The van der Waals surface area contributed by atoms with Gasteiger partial charge in [0.2, 0.25) is 5.91 Å². The Bertz CT molecular complexity index is 759. The smallest absolute Gasteiger partial charge is 0.227 e. The van der Waals surface area contributed by atoms with Crippen molar-refractivity contribution in [2.45, 2.75) is 32.2 Å². The third-order valence-corrected chi connectivity index (χ3v) is 5.77. The molecule has 4 heterocycles. The highest BCUT2D eigenvalue weighted by molar-refractivity contribution is 5.78. The van der Waals surface area contributed by atoms with E-state index in [1.165, 1.54) is 18.4 Å². The van der Waals surface area contributed by atoms with Gasteiger partial charge in [-0.1, -0.05) is 6.07 Å². The minimum atomic E-state index is 0.239. The number of amides is 1. The fourth-order valence-electron chi connectivity index (χ4n) is 4.52. The van der Waals surface area contributed by atoms with Gasteiger partial charge in [0, 0.05) is 62.8 Å². The van der Waals surface area contributed by atoms with Crippen LogP contribution in [0.2, 0.25) is 0 Å². The van der Waals surface area contributed by atoms with Gasteiger partial charge in [0.1, 0.15) is 0 Å². The fraction of sp³-hybridized carbons (Fsp3) is 0.550. The number of carbonyl (C=O) groups is 1. The lowest BCUT2D eigenvalue weighted by molar-refractivity contribution is -0.133. The summed E-state index contributed by atoms with van der Waals surface area (Å²) in [5.41, 5.74) is 2.54. The van der Waals surface area contributed by atoms with Crippen LogP contribution in [-0.4, -0.2) is 56.7 Å². The molecule has 1 spiro atoms. The standard InChI is InChI=1S/C20H27N5O/c1-23-13-18(12-22-23)14-24-9-6-20(15-24)5-3-8-25(16-20)19(26)10-17-4-2-7-21-11-17/h2,4,7,11-13H,3,5-6,8-10,14-16H2,1H3/t20-/m1/s1. The van der Waals surface area contributed by atoms with Gasteiger partial charge in [0.25, 0.3) is 0 Å². The number of hydrogen-bond acceptors (Lipinski definition) is 4. The van der Waals surface area contributed by atoms with Gasteiger partial charge in [-0.2, -0.15) is 5.10 Å². The van der Waals surface area contributed by atoms with Crippen molar-refractivity contribution in [3.63, 3.8) is 0 Å². The van der Waals surface area contributed by atoms with Crippen LogP contribution >= 0.6 is 0 Å². The maximum atomic E-state index is 12.8. The summed E-state index contributed by atoms with van der Waals surface area (Å²) in [4.78, 5) is 21.5. The number of piperidine rings is 1. The zero-order valence-electron chi connectivity index (χ0n) is 15.5. The van der Waals surface area contributed by atoms with E-state index in [0.717, 1.165) is 44.7 Å². The van der Waals surface area contributed by atoms with Crippen LogP contribution in [0.15, 0.2) is 36.9 Å². The molecule has 0 radical (unpaired) electrons. The topological polar surface area (TPSA) is 54.3 Å². The molecule has 1 atom stereocenters. The fourth-order valence-corrected chi connectivity index (χ4v) is 4.52. The first-order valence-corrected chi connectivity index (χ1v) is 9.49. The lowest BCUT2D eigenvalue weighted by Gasteiger charge is -2.40. The summed E-state index contributed by atoms with van der Waals surface area (Å²) >= 11 is 0. The molecule has 0 aromatic carbocycles. The number of pyridine rings is 1. The maximum Gasteiger partial charge on any atom is 0.227 e. The van der Waals surface area contributed by atoms with Gasteiger partial charge < -0.3 is 4.90 Å². The molecule has 0 unspecified atom stereocenters. The molecule has 2 fully saturated rings. The van der Waals surface area contributed by atoms with Gasteiger partial charge >= 0.3 is 0 Å². The Morgan fingerprint density at radius 3 is 2.88 bits per heavy atom.